The molecule has 6 atom stereocenters. The van der Waals surface area contributed by atoms with E-state index in [-0.39, 0.29) is 18.7 Å². The minimum Gasteiger partial charge on any atom is -0.472 e. The molecule has 4 heterocycles. The monoisotopic (exact) mass is 779 g/mol. The van der Waals surface area contributed by atoms with Gasteiger partial charge in [0.2, 0.25) is 27.7 Å². The molecule has 2 aromatic heterocycles. The summed E-state index contributed by atoms with van der Waals surface area (Å²) in [6.07, 6.45) is 10.1. The first kappa shape index (κ1) is 37.5. The number of aromatic nitrogens is 3. The summed E-state index contributed by atoms with van der Waals surface area (Å²) in [6, 6.07) is 13.3. The predicted molar refractivity (Wildman–Crippen MR) is 208 cm³/mol. The van der Waals surface area contributed by atoms with Crippen molar-refractivity contribution >= 4 is 55.3 Å². The van der Waals surface area contributed by atoms with E-state index in [1.807, 2.05) is 60.7 Å². The number of para-hydroxylation sites is 1. The Hall–Kier alpha value is -5.44. The molecule has 1 unspecified atom stereocenters. The van der Waals surface area contributed by atoms with Gasteiger partial charge in [-0.05, 0) is 62.5 Å². The van der Waals surface area contributed by atoms with Crippen molar-refractivity contribution in [3.63, 3.8) is 0 Å². The van der Waals surface area contributed by atoms with Gasteiger partial charge >= 0.3 is 0 Å². The zero-order valence-electron chi connectivity index (χ0n) is 31.3. The zero-order chi connectivity index (χ0) is 39.2. The molecule has 1 saturated heterocycles. The summed E-state index contributed by atoms with van der Waals surface area (Å²) >= 11 is 0. The molecule has 3 N–H and O–H groups in total. The Labute approximate surface area is 324 Å². The van der Waals surface area contributed by atoms with E-state index < -0.39 is 74.5 Å². The van der Waals surface area contributed by atoms with Crippen molar-refractivity contribution in [2.45, 2.75) is 94.2 Å². The van der Waals surface area contributed by atoms with Crippen LogP contribution < -0.4 is 20.1 Å². The summed E-state index contributed by atoms with van der Waals surface area (Å²) in [5.74, 6) is -2.98. The number of carbonyl (C=O) groups is 4. The van der Waals surface area contributed by atoms with Crippen molar-refractivity contribution < 1.29 is 32.3 Å². The third kappa shape index (κ3) is 7.19. The van der Waals surface area contributed by atoms with Crippen LogP contribution in [0, 0.1) is 18.8 Å². The lowest BCUT2D eigenvalue weighted by Crippen LogP contribution is -2.59. The number of ether oxygens (including phenoxy) is 1. The fourth-order valence-corrected chi connectivity index (χ4v) is 9.56. The molecular formula is C41H45N7O7S. The van der Waals surface area contributed by atoms with Gasteiger partial charge in [0.05, 0.1) is 29.2 Å². The number of nitrogens with zero attached hydrogens (tertiary/aromatic N) is 4. The first-order valence-electron chi connectivity index (χ1n) is 19.3. The topological polar surface area (TPSA) is 190 Å². The highest BCUT2D eigenvalue weighted by atomic mass is 32.2. The molecule has 14 nitrogen and oxygen atoms in total. The number of fused-ring (bicyclic) bond motifs is 5. The fraction of sp³-hybridized carbons (Fsp3) is 0.439. The predicted octanol–water partition coefficient (Wildman–Crippen LogP) is 3.88. The van der Waals surface area contributed by atoms with Gasteiger partial charge in [0.15, 0.2) is 0 Å². The summed E-state index contributed by atoms with van der Waals surface area (Å²) in [7, 11) is -3.92. The number of benzene rings is 2. The summed E-state index contributed by atoms with van der Waals surface area (Å²) < 4.78 is 34.8. The van der Waals surface area contributed by atoms with Crippen LogP contribution in [0.1, 0.15) is 74.5 Å². The molecule has 2 saturated carbocycles. The van der Waals surface area contributed by atoms with Gasteiger partial charge in [-0.3, -0.25) is 28.9 Å². The number of carbonyl (C=O) groups excluding carboxylic acids is 4. The van der Waals surface area contributed by atoms with Crippen LogP contribution in [0.2, 0.25) is 0 Å². The number of pyridine rings is 1. The molecule has 0 bridgehead atoms. The molecule has 4 aromatic rings. The number of aryl methyl sites for hydroxylation is 1. The highest BCUT2D eigenvalue weighted by molar-refractivity contribution is 7.91. The summed E-state index contributed by atoms with van der Waals surface area (Å²) in [5, 5.41) is 7.83. The standard InChI is InChI=1S/C41H45N7O7S/c1-24-21-43-34(22-42-24)36(49)44-33-17-7-5-3-4-6-15-31-25(2)41(31,40(52)47-56(53,54)27-18-19-27)46-37(50)35-20-26(23-48(35)39(33)51)55-38-30-14-9-8-12-28(30)29-13-10-11-16-32(29)45-38/h6,8-16,21-22,25-27,31,33,35H,3-5,7,17-20,23H2,1-2H3,(H,44,49)(H,46,50)(H,47,52)/b15-6-/t25-,26+,31?,33-,35-,41+/m0/s1. The Morgan fingerprint density at radius 3 is 2.45 bits per heavy atom. The third-order valence-corrected chi connectivity index (χ3v) is 13.4. The summed E-state index contributed by atoms with van der Waals surface area (Å²) in [4.78, 5) is 71.4. The van der Waals surface area contributed by atoms with Crippen LogP contribution in [-0.4, -0.2) is 87.4 Å². The van der Waals surface area contributed by atoms with E-state index in [0.29, 0.717) is 43.7 Å². The van der Waals surface area contributed by atoms with Crippen LogP contribution in [0.4, 0.5) is 0 Å². The van der Waals surface area contributed by atoms with Crippen LogP contribution in [0.3, 0.4) is 0 Å². The number of rotatable bonds is 7. The van der Waals surface area contributed by atoms with E-state index in [1.54, 1.807) is 13.8 Å². The number of amides is 4. The average molecular weight is 780 g/mol. The first-order valence-corrected chi connectivity index (χ1v) is 20.9. The maximum Gasteiger partial charge on any atom is 0.272 e. The quantitative estimate of drug-likeness (QED) is 0.183. The Morgan fingerprint density at radius 2 is 1.70 bits per heavy atom. The van der Waals surface area contributed by atoms with E-state index in [0.717, 1.165) is 34.5 Å². The molecule has 3 fully saturated rings. The third-order valence-electron chi connectivity index (χ3n) is 11.6. The van der Waals surface area contributed by atoms with Crippen molar-refractivity contribution in [2.24, 2.45) is 11.8 Å². The number of hydrogen-bond donors (Lipinski definition) is 3. The van der Waals surface area contributed by atoms with E-state index >= 15 is 0 Å². The van der Waals surface area contributed by atoms with Gasteiger partial charge in [-0.15, -0.1) is 0 Å². The molecule has 0 spiro atoms. The largest absolute Gasteiger partial charge is 0.472 e. The van der Waals surface area contributed by atoms with Crippen LogP contribution in [0.5, 0.6) is 5.88 Å². The van der Waals surface area contributed by atoms with Gasteiger partial charge < -0.3 is 20.3 Å². The number of hydrogen-bond acceptors (Lipinski definition) is 10. The Bertz CT molecular complexity index is 2350. The lowest BCUT2D eigenvalue weighted by Gasteiger charge is -2.30. The fourth-order valence-electron chi connectivity index (χ4n) is 8.21. The second-order valence-corrected chi connectivity index (χ2v) is 17.4. The molecule has 15 heteroatoms. The normalized spacial score (nSPS) is 27.6. The van der Waals surface area contributed by atoms with Gasteiger partial charge in [0.1, 0.15) is 29.4 Å². The number of sulfonamides is 1. The second kappa shape index (κ2) is 14.9. The van der Waals surface area contributed by atoms with Crippen molar-refractivity contribution in [3.8, 4) is 5.88 Å². The van der Waals surface area contributed by atoms with E-state index in [9.17, 15) is 27.6 Å². The second-order valence-electron chi connectivity index (χ2n) is 15.4. The van der Waals surface area contributed by atoms with Gasteiger partial charge in [-0.25, -0.2) is 18.4 Å². The summed E-state index contributed by atoms with van der Waals surface area (Å²) in [5.41, 5.74) is -0.133. The van der Waals surface area contributed by atoms with Crippen molar-refractivity contribution in [2.75, 3.05) is 6.54 Å². The molecule has 4 amide bonds. The molecule has 292 valence electrons. The smallest absolute Gasteiger partial charge is 0.272 e. The molecule has 2 aromatic carbocycles. The van der Waals surface area contributed by atoms with Gasteiger partial charge in [0, 0.05) is 29.3 Å². The van der Waals surface area contributed by atoms with Crippen LogP contribution >= 0.6 is 0 Å². The number of nitrogens with one attached hydrogen (secondary N) is 3. The maximum atomic E-state index is 14.7. The zero-order valence-corrected chi connectivity index (χ0v) is 32.1. The number of allylic oxidation sites excluding steroid dienone is 1. The van der Waals surface area contributed by atoms with Gasteiger partial charge in [-0.2, -0.15) is 0 Å². The first-order chi connectivity index (χ1) is 27.0. The van der Waals surface area contributed by atoms with Crippen molar-refractivity contribution in [1.29, 1.82) is 0 Å². The summed E-state index contributed by atoms with van der Waals surface area (Å²) in [6.45, 7) is 3.55. The Morgan fingerprint density at radius 1 is 0.946 bits per heavy atom. The molecule has 56 heavy (non-hydrogen) atoms. The van der Waals surface area contributed by atoms with E-state index in [2.05, 4.69) is 25.3 Å². The van der Waals surface area contributed by atoms with Gasteiger partial charge in [-0.1, -0.05) is 68.3 Å². The molecule has 0 radical (unpaired) electrons. The Balaban J connectivity index is 1.14. The highest BCUT2D eigenvalue weighted by Gasteiger charge is 2.68. The molecular weight excluding hydrogens is 735 g/mol. The Kier molecular flexibility index (Phi) is 9.97. The molecule has 2 aliphatic carbocycles. The van der Waals surface area contributed by atoms with Crippen molar-refractivity contribution in [3.05, 3.63) is 84.5 Å². The van der Waals surface area contributed by atoms with E-state index in [4.69, 9.17) is 9.72 Å². The van der Waals surface area contributed by atoms with Gasteiger partial charge in [0.25, 0.3) is 11.8 Å². The lowest BCUT2D eigenvalue weighted by molar-refractivity contribution is -0.141. The van der Waals surface area contributed by atoms with Crippen molar-refractivity contribution in [1.82, 2.24) is 35.2 Å². The lowest BCUT2D eigenvalue weighted by atomic mass is 10.0. The minimum atomic E-state index is -3.92. The molecule has 2 aliphatic heterocycles. The average Bonchev–Trinajstić information content (AvgIpc) is 4.09. The SMILES string of the molecule is Cc1cnc(C(=O)N[C@H]2CCCCC/C=C\C3[C@H](C)[C@@]3(C(=O)NS(=O)(=O)C3CC3)NC(=O)[C@@H]3C[C@@H](Oc4nc5ccccc5c5ccccc45)CN3C2=O)cn1. The minimum absolute atomic E-state index is 0.00932. The maximum absolute atomic E-state index is 14.7. The molecule has 4 aliphatic rings. The highest BCUT2D eigenvalue weighted by Crippen LogP contribution is 2.52. The van der Waals surface area contributed by atoms with E-state index in [1.165, 1.54) is 17.3 Å². The van der Waals surface area contributed by atoms with Crippen LogP contribution in [0.15, 0.2) is 73.1 Å². The van der Waals surface area contributed by atoms with Crippen LogP contribution in [0.25, 0.3) is 21.7 Å². The molecule has 8 rings (SSSR count). The van der Waals surface area contributed by atoms with Crippen LogP contribution in [-0.2, 0) is 24.4 Å².